The quantitative estimate of drug-likeness (QED) is 0.509. The van der Waals surface area contributed by atoms with Crippen LogP contribution in [0.3, 0.4) is 0 Å². The number of benzene rings is 2. The van der Waals surface area contributed by atoms with Gasteiger partial charge in [0.25, 0.3) is 0 Å². The summed E-state index contributed by atoms with van der Waals surface area (Å²) in [5.74, 6) is 0.595. The number of hydrogen-bond donors (Lipinski definition) is 0. The van der Waals surface area contributed by atoms with Crippen molar-refractivity contribution in [3.8, 4) is 17.1 Å². The maximum absolute atomic E-state index is 13.3. The standard InChI is InChI=1S/C17H12FN5OS/c18-13-6-4-5-12(9-13)16-19-14(10-24-16)11-25-17-20-21-22-23(17)15-7-2-1-3-8-15/h1-10H,11H2. The second-order valence-corrected chi connectivity index (χ2v) is 6.09. The Morgan fingerprint density at radius 2 is 1.96 bits per heavy atom. The third-order valence-corrected chi connectivity index (χ3v) is 4.37. The fraction of sp³-hybridized carbons (Fsp3) is 0.0588. The molecule has 2 aromatic heterocycles. The molecular weight excluding hydrogens is 341 g/mol. The van der Waals surface area contributed by atoms with E-state index in [4.69, 9.17) is 4.42 Å². The number of thioether (sulfide) groups is 1. The van der Waals surface area contributed by atoms with Gasteiger partial charge in [-0.15, -0.1) is 5.10 Å². The SMILES string of the molecule is Fc1cccc(-c2nc(CSc3nnnn3-c3ccccc3)co2)c1. The molecule has 0 amide bonds. The van der Waals surface area contributed by atoms with Crippen molar-refractivity contribution >= 4 is 11.8 Å². The predicted octanol–water partition coefficient (Wildman–Crippen LogP) is 3.75. The first-order valence-electron chi connectivity index (χ1n) is 7.46. The molecule has 6 nitrogen and oxygen atoms in total. The van der Waals surface area contributed by atoms with Crippen molar-refractivity contribution in [3.05, 3.63) is 72.4 Å². The maximum Gasteiger partial charge on any atom is 0.226 e. The summed E-state index contributed by atoms with van der Waals surface area (Å²) in [5, 5.41) is 12.4. The first-order chi connectivity index (χ1) is 12.3. The van der Waals surface area contributed by atoms with Crippen molar-refractivity contribution in [1.82, 2.24) is 25.2 Å². The van der Waals surface area contributed by atoms with E-state index in [2.05, 4.69) is 20.5 Å². The molecule has 25 heavy (non-hydrogen) atoms. The molecule has 0 atom stereocenters. The minimum Gasteiger partial charge on any atom is -0.444 e. The second kappa shape index (κ2) is 6.86. The van der Waals surface area contributed by atoms with Crippen molar-refractivity contribution < 1.29 is 8.81 Å². The molecular formula is C17H12FN5OS. The molecule has 4 aromatic rings. The first-order valence-corrected chi connectivity index (χ1v) is 8.45. The lowest BCUT2D eigenvalue weighted by atomic mass is 10.2. The van der Waals surface area contributed by atoms with Crippen LogP contribution in [0.5, 0.6) is 0 Å². The van der Waals surface area contributed by atoms with Gasteiger partial charge >= 0.3 is 0 Å². The molecule has 2 aromatic carbocycles. The normalized spacial score (nSPS) is 10.9. The Hall–Kier alpha value is -3.00. The Balaban J connectivity index is 1.49. The molecule has 0 N–H and O–H groups in total. The lowest BCUT2D eigenvalue weighted by Gasteiger charge is -2.02. The number of halogens is 1. The van der Waals surface area contributed by atoms with Gasteiger partial charge in [0.1, 0.15) is 12.1 Å². The van der Waals surface area contributed by atoms with Gasteiger partial charge in [-0.25, -0.2) is 9.37 Å². The van der Waals surface area contributed by atoms with Crippen molar-refractivity contribution in [2.24, 2.45) is 0 Å². The molecule has 0 saturated heterocycles. The summed E-state index contributed by atoms with van der Waals surface area (Å²) in [6, 6.07) is 15.8. The Labute approximate surface area is 146 Å². The lowest BCUT2D eigenvalue weighted by molar-refractivity contribution is 0.571. The molecule has 4 rings (SSSR count). The third kappa shape index (κ3) is 3.43. The Morgan fingerprint density at radius 3 is 2.80 bits per heavy atom. The third-order valence-electron chi connectivity index (χ3n) is 3.41. The van der Waals surface area contributed by atoms with E-state index in [1.807, 2.05) is 30.3 Å². The van der Waals surface area contributed by atoms with E-state index >= 15 is 0 Å². The highest BCUT2D eigenvalue weighted by molar-refractivity contribution is 7.98. The van der Waals surface area contributed by atoms with Gasteiger partial charge in [0.15, 0.2) is 0 Å². The van der Waals surface area contributed by atoms with Gasteiger partial charge < -0.3 is 4.42 Å². The van der Waals surface area contributed by atoms with Gasteiger partial charge in [-0.05, 0) is 40.8 Å². The summed E-state index contributed by atoms with van der Waals surface area (Å²) in [7, 11) is 0. The van der Waals surface area contributed by atoms with E-state index in [0.717, 1.165) is 11.4 Å². The van der Waals surface area contributed by atoms with Crippen LogP contribution in [0.1, 0.15) is 5.69 Å². The summed E-state index contributed by atoms with van der Waals surface area (Å²) in [6.07, 6.45) is 1.56. The van der Waals surface area contributed by atoms with Crippen molar-refractivity contribution in [2.75, 3.05) is 0 Å². The average Bonchev–Trinajstić information content (AvgIpc) is 3.30. The monoisotopic (exact) mass is 353 g/mol. The molecule has 0 radical (unpaired) electrons. The Bertz CT molecular complexity index is 985. The van der Waals surface area contributed by atoms with Gasteiger partial charge in [0.2, 0.25) is 11.0 Å². The van der Waals surface area contributed by atoms with Crippen LogP contribution in [0.25, 0.3) is 17.1 Å². The van der Waals surface area contributed by atoms with E-state index in [9.17, 15) is 4.39 Å². The summed E-state index contributed by atoms with van der Waals surface area (Å²) in [4.78, 5) is 4.39. The van der Waals surface area contributed by atoms with E-state index < -0.39 is 0 Å². The number of aromatic nitrogens is 5. The number of para-hydroxylation sites is 1. The Kier molecular flexibility index (Phi) is 4.26. The fourth-order valence-electron chi connectivity index (χ4n) is 2.27. The zero-order valence-corrected chi connectivity index (χ0v) is 13.7. The predicted molar refractivity (Wildman–Crippen MR) is 90.6 cm³/mol. The topological polar surface area (TPSA) is 69.6 Å². The van der Waals surface area contributed by atoms with Crippen LogP contribution < -0.4 is 0 Å². The van der Waals surface area contributed by atoms with Crippen LogP contribution in [0.2, 0.25) is 0 Å². The minimum absolute atomic E-state index is 0.325. The molecule has 0 aliphatic heterocycles. The number of tetrazole rings is 1. The lowest BCUT2D eigenvalue weighted by Crippen LogP contribution is -1.98. The smallest absolute Gasteiger partial charge is 0.226 e. The molecule has 0 bridgehead atoms. The van der Waals surface area contributed by atoms with Gasteiger partial charge in [-0.3, -0.25) is 0 Å². The number of hydrogen-bond acceptors (Lipinski definition) is 6. The molecule has 8 heteroatoms. The number of rotatable bonds is 5. The molecule has 0 spiro atoms. The van der Waals surface area contributed by atoms with Crippen molar-refractivity contribution in [3.63, 3.8) is 0 Å². The van der Waals surface area contributed by atoms with Gasteiger partial charge in [-0.2, -0.15) is 4.68 Å². The molecule has 0 aliphatic carbocycles. The van der Waals surface area contributed by atoms with Crippen LogP contribution in [0.4, 0.5) is 4.39 Å². The Morgan fingerprint density at radius 1 is 1.08 bits per heavy atom. The fourth-order valence-corrected chi connectivity index (χ4v) is 3.03. The van der Waals surface area contributed by atoms with E-state index in [1.54, 1.807) is 23.1 Å². The summed E-state index contributed by atoms with van der Waals surface area (Å²) >= 11 is 1.44. The van der Waals surface area contributed by atoms with Crippen LogP contribution >= 0.6 is 11.8 Å². The summed E-state index contributed by atoms with van der Waals surface area (Å²) in [5.41, 5.74) is 2.22. The number of nitrogens with zero attached hydrogens (tertiary/aromatic N) is 5. The zero-order valence-electron chi connectivity index (χ0n) is 12.9. The average molecular weight is 353 g/mol. The van der Waals surface area contributed by atoms with Crippen LogP contribution in [-0.2, 0) is 5.75 Å². The highest BCUT2D eigenvalue weighted by Crippen LogP contribution is 2.25. The van der Waals surface area contributed by atoms with E-state index in [-0.39, 0.29) is 5.82 Å². The van der Waals surface area contributed by atoms with Crippen LogP contribution in [0.15, 0.2) is 70.4 Å². The van der Waals surface area contributed by atoms with E-state index in [1.165, 1.54) is 23.9 Å². The highest BCUT2D eigenvalue weighted by atomic mass is 32.2. The molecule has 0 aliphatic rings. The zero-order chi connectivity index (χ0) is 17.1. The summed E-state index contributed by atoms with van der Waals surface area (Å²) in [6.45, 7) is 0. The van der Waals surface area contributed by atoms with Gasteiger partial charge in [0.05, 0.1) is 11.4 Å². The first kappa shape index (κ1) is 15.5. The molecule has 0 unspecified atom stereocenters. The van der Waals surface area contributed by atoms with Gasteiger partial charge in [0, 0.05) is 11.3 Å². The van der Waals surface area contributed by atoms with Crippen LogP contribution in [-0.4, -0.2) is 25.2 Å². The minimum atomic E-state index is -0.325. The molecule has 2 heterocycles. The molecule has 0 saturated carbocycles. The number of oxazole rings is 1. The van der Waals surface area contributed by atoms with E-state index in [0.29, 0.717) is 22.4 Å². The van der Waals surface area contributed by atoms with Crippen molar-refractivity contribution in [2.45, 2.75) is 10.9 Å². The molecule has 124 valence electrons. The van der Waals surface area contributed by atoms with Gasteiger partial charge in [-0.1, -0.05) is 36.0 Å². The maximum atomic E-state index is 13.3. The second-order valence-electron chi connectivity index (χ2n) is 5.15. The largest absolute Gasteiger partial charge is 0.444 e. The van der Waals surface area contributed by atoms with Crippen molar-refractivity contribution in [1.29, 1.82) is 0 Å². The summed E-state index contributed by atoms with van der Waals surface area (Å²) < 4.78 is 20.4. The van der Waals surface area contributed by atoms with Crippen LogP contribution in [0, 0.1) is 5.82 Å². The highest BCUT2D eigenvalue weighted by Gasteiger charge is 2.12. The molecule has 0 fully saturated rings.